The van der Waals surface area contributed by atoms with E-state index in [0.717, 1.165) is 42.5 Å². The van der Waals surface area contributed by atoms with E-state index in [0.29, 0.717) is 6.61 Å². The molecule has 0 spiro atoms. The Morgan fingerprint density at radius 2 is 1.91 bits per heavy atom. The Labute approximate surface area is 195 Å². The van der Waals surface area contributed by atoms with Gasteiger partial charge in [-0.15, -0.1) is 11.3 Å². The molecular weight excluding hydrogens is 414 g/mol. The van der Waals surface area contributed by atoms with Gasteiger partial charge in [-0.2, -0.15) is 0 Å². The monoisotopic (exact) mass is 447 g/mol. The fourth-order valence-corrected chi connectivity index (χ4v) is 6.16. The van der Waals surface area contributed by atoms with Gasteiger partial charge in [0.05, 0.1) is 18.1 Å². The molecule has 0 saturated heterocycles. The smallest absolute Gasteiger partial charge is 0.336 e. The number of carbonyl (C=O) groups excluding carboxylic acids is 1. The molecule has 1 aromatic heterocycles. The minimum atomic E-state index is -0.215. The minimum absolute atomic E-state index is 0.127. The summed E-state index contributed by atoms with van der Waals surface area (Å²) in [7, 11) is 0. The first-order valence-electron chi connectivity index (χ1n) is 11.6. The van der Waals surface area contributed by atoms with Crippen LogP contribution in [0.3, 0.4) is 0 Å². The average molecular weight is 448 g/mol. The highest BCUT2D eigenvalue weighted by atomic mass is 32.1. The molecule has 1 unspecified atom stereocenters. The van der Waals surface area contributed by atoms with Gasteiger partial charge in [-0.05, 0) is 60.4 Å². The highest BCUT2D eigenvalue weighted by Gasteiger charge is 2.41. The summed E-state index contributed by atoms with van der Waals surface area (Å²) in [6.45, 7) is 13.5. The number of esters is 1. The maximum absolute atomic E-state index is 13.3. The average Bonchev–Trinajstić information content (AvgIpc) is 3.23. The van der Waals surface area contributed by atoms with Crippen LogP contribution >= 0.6 is 11.3 Å². The Kier molecular flexibility index (Phi) is 6.43. The lowest BCUT2D eigenvalue weighted by Crippen LogP contribution is -2.36. The fraction of sp³-hybridized carbons (Fsp3) is 0.393. The maximum atomic E-state index is 13.3. The molecule has 4 rings (SSSR count). The Hall–Kier alpha value is -2.59. The Bertz CT molecular complexity index is 1090. The summed E-state index contributed by atoms with van der Waals surface area (Å²) in [4.78, 5) is 15.7. The van der Waals surface area contributed by atoms with Crippen LogP contribution in [0.15, 0.2) is 77.2 Å². The third-order valence-corrected chi connectivity index (χ3v) is 7.42. The Balaban J connectivity index is 1.87. The van der Waals surface area contributed by atoms with E-state index in [2.05, 4.69) is 69.1 Å². The molecule has 1 aliphatic carbocycles. The molecule has 3 nitrogen and oxygen atoms in total. The highest BCUT2D eigenvalue weighted by Crippen LogP contribution is 2.52. The zero-order valence-electron chi connectivity index (χ0n) is 19.6. The minimum Gasteiger partial charge on any atom is -0.463 e. The highest BCUT2D eigenvalue weighted by molar-refractivity contribution is 7.15. The molecule has 4 heteroatoms. The van der Waals surface area contributed by atoms with Crippen LogP contribution in [0.4, 0.5) is 0 Å². The molecule has 2 aliphatic rings. The van der Waals surface area contributed by atoms with E-state index in [1.807, 2.05) is 13.0 Å². The fourth-order valence-electron chi connectivity index (χ4n) is 5.03. The van der Waals surface area contributed by atoms with Crippen molar-refractivity contribution >= 4 is 17.3 Å². The first kappa shape index (κ1) is 22.6. The van der Waals surface area contributed by atoms with E-state index in [1.165, 1.54) is 26.6 Å². The summed E-state index contributed by atoms with van der Waals surface area (Å²) in [6, 6.07) is 14.8. The third kappa shape index (κ3) is 4.33. The number of thiophene rings is 1. The lowest BCUT2D eigenvalue weighted by molar-refractivity contribution is -0.138. The molecular formula is C28H33NO2S. The number of hydrogen-bond acceptors (Lipinski definition) is 4. The maximum Gasteiger partial charge on any atom is 0.336 e. The van der Waals surface area contributed by atoms with E-state index in [4.69, 9.17) is 4.74 Å². The second-order valence-corrected chi connectivity index (χ2v) is 10.6. The van der Waals surface area contributed by atoms with Crippen molar-refractivity contribution in [3.63, 3.8) is 0 Å². The van der Waals surface area contributed by atoms with Crippen molar-refractivity contribution in [3.8, 4) is 10.4 Å². The quantitative estimate of drug-likeness (QED) is 0.470. The SMILES string of the molecule is C=C1CC(C)(C)CC2=C1C(c1ccc(-c3ccccc3)s1)C(C(=O)OCC)=C(CCC)N2. The number of nitrogens with one attached hydrogen (secondary N) is 1. The van der Waals surface area contributed by atoms with Crippen LogP contribution in [-0.2, 0) is 9.53 Å². The number of rotatable bonds is 6. The molecule has 32 heavy (non-hydrogen) atoms. The van der Waals surface area contributed by atoms with Gasteiger partial charge < -0.3 is 10.1 Å². The summed E-state index contributed by atoms with van der Waals surface area (Å²) in [5.41, 5.74) is 6.66. The predicted octanol–water partition coefficient (Wildman–Crippen LogP) is 7.35. The zero-order valence-corrected chi connectivity index (χ0v) is 20.4. The molecule has 0 fully saturated rings. The molecule has 0 saturated carbocycles. The standard InChI is InChI=1S/C28H33NO2S/c1-6-11-20-25(27(30)31-7-2)26(24-18(3)16-28(4,5)17-21(24)29-20)23-15-14-22(32-23)19-12-9-8-10-13-19/h8-10,12-15,26,29H,3,6-7,11,16-17H2,1-2,4-5H3. The summed E-state index contributed by atoms with van der Waals surface area (Å²) in [5, 5.41) is 3.67. The van der Waals surface area contributed by atoms with Gasteiger partial charge in [-0.25, -0.2) is 4.79 Å². The molecule has 0 bridgehead atoms. The third-order valence-electron chi connectivity index (χ3n) is 6.22. The van der Waals surface area contributed by atoms with Crippen molar-refractivity contribution in [2.24, 2.45) is 5.41 Å². The molecule has 1 N–H and O–H groups in total. The summed E-state index contributed by atoms with van der Waals surface area (Å²) in [5.74, 6) is -0.342. The molecule has 2 aromatic rings. The molecule has 168 valence electrons. The van der Waals surface area contributed by atoms with E-state index >= 15 is 0 Å². The van der Waals surface area contributed by atoms with Crippen molar-refractivity contribution in [2.45, 2.75) is 59.3 Å². The molecule has 0 amide bonds. The lowest BCUT2D eigenvalue weighted by Gasteiger charge is -2.41. The summed E-state index contributed by atoms with van der Waals surface area (Å²) >= 11 is 1.76. The van der Waals surface area contributed by atoms with Gasteiger partial charge >= 0.3 is 5.97 Å². The zero-order chi connectivity index (χ0) is 22.9. The van der Waals surface area contributed by atoms with Crippen molar-refractivity contribution in [3.05, 3.63) is 82.0 Å². The van der Waals surface area contributed by atoms with Gasteiger partial charge in [0, 0.05) is 21.1 Å². The molecule has 1 aliphatic heterocycles. The van der Waals surface area contributed by atoms with E-state index < -0.39 is 0 Å². The molecule has 2 heterocycles. The topological polar surface area (TPSA) is 38.3 Å². The van der Waals surface area contributed by atoms with Crippen molar-refractivity contribution in [1.82, 2.24) is 5.32 Å². The Morgan fingerprint density at radius 3 is 2.59 bits per heavy atom. The van der Waals surface area contributed by atoms with Crippen LogP contribution in [0.1, 0.15) is 64.2 Å². The van der Waals surface area contributed by atoms with Crippen LogP contribution in [0.5, 0.6) is 0 Å². The number of carbonyl (C=O) groups is 1. The van der Waals surface area contributed by atoms with E-state index in [1.54, 1.807) is 11.3 Å². The second-order valence-electron chi connectivity index (χ2n) is 9.50. The normalized spacial score (nSPS) is 20.1. The van der Waals surface area contributed by atoms with Crippen LogP contribution in [0.25, 0.3) is 10.4 Å². The number of dihydropyridines is 1. The van der Waals surface area contributed by atoms with Gasteiger partial charge in [-0.3, -0.25) is 0 Å². The first-order chi connectivity index (χ1) is 15.3. The van der Waals surface area contributed by atoms with Gasteiger partial charge in [0.2, 0.25) is 0 Å². The molecule has 1 aromatic carbocycles. The number of allylic oxidation sites excluding steroid dienone is 4. The first-order valence-corrected chi connectivity index (χ1v) is 12.4. The second kappa shape index (κ2) is 9.11. The lowest BCUT2D eigenvalue weighted by atomic mass is 9.68. The van der Waals surface area contributed by atoms with Gasteiger partial charge in [0.15, 0.2) is 0 Å². The van der Waals surface area contributed by atoms with Crippen molar-refractivity contribution < 1.29 is 9.53 Å². The van der Waals surface area contributed by atoms with Crippen molar-refractivity contribution in [2.75, 3.05) is 6.61 Å². The van der Waals surface area contributed by atoms with Crippen LogP contribution < -0.4 is 5.32 Å². The number of hydrogen-bond donors (Lipinski definition) is 1. The van der Waals surface area contributed by atoms with Gasteiger partial charge in [0.25, 0.3) is 0 Å². The van der Waals surface area contributed by atoms with Gasteiger partial charge in [0.1, 0.15) is 0 Å². The van der Waals surface area contributed by atoms with Crippen LogP contribution in [-0.4, -0.2) is 12.6 Å². The number of benzene rings is 1. The van der Waals surface area contributed by atoms with Crippen LogP contribution in [0, 0.1) is 5.41 Å². The molecule has 1 atom stereocenters. The summed E-state index contributed by atoms with van der Waals surface area (Å²) < 4.78 is 5.57. The van der Waals surface area contributed by atoms with E-state index in [9.17, 15) is 4.79 Å². The summed E-state index contributed by atoms with van der Waals surface area (Å²) in [6.07, 6.45) is 3.67. The largest absolute Gasteiger partial charge is 0.463 e. The van der Waals surface area contributed by atoms with Crippen molar-refractivity contribution in [1.29, 1.82) is 0 Å². The Morgan fingerprint density at radius 1 is 1.16 bits per heavy atom. The van der Waals surface area contributed by atoms with Gasteiger partial charge in [-0.1, -0.05) is 64.1 Å². The van der Waals surface area contributed by atoms with Crippen LogP contribution in [0.2, 0.25) is 0 Å². The number of ether oxygens (including phenoxy) is 1. The molecule has 0 radical (unpaired) electrons. The van der Waals surface area contributed by atoms with E-state index in [-0.39, 0.29) is 17.3 Å². The predicted molar refractivity (Wildman–Crippen MR) is 133 cm³/mol.